The van der Waals surface area contributed by atoms with E-state index in [4.69, 9.17) is 15.2 Å². The Morgan fingerprint density at radius 1 is 1.27 bits per heavy atom. The Balaban J connectivity index is 0.00000441. The van der Waals surface area contributed by atoms with Crippen molar-refractivity contribution in [3.8, 4) is 0 Å². The van der Waals surface area contributed by atoms with Gasteiger partial charge in [-0.15, -0.1) is 23.7 Å². The van der Waals surface area contributed by atoms with E-state index in [2.05, 4.69) is 10.3 Å². The predicted molar refractivity (Wildman–Crippen MR) is 81.8 cm³/mol. The fourth-order valence-corrected chi connectivity index (χ4v) is 2.03. The van der Waals surface area contributed by atoms with Gasteiger partial charge >= 0.3 is 11.9 Å². The van der Waals surface area contributed by atoms with Crippen molar-refractivity contribution >= 4 is 41.6 Å². The zero-order valence-corrected chi connectivity index (χ0v) is 13.8. The first-order valence-electron chi connectivity index (χ1n) is 6.32. The summed E-state index contributed by atoms with van der Waals surface area (Å²) in [5.41, 5.74) is 5.49. The van der Waals surface area contributed by atoms with E-state index < -0.39 is 23.9 Å². The summed E-state index contributed by atoms with van der Waals surface area (Å²) < 4.78 is 9.48. The molecule has 8 nitrogen and oxygen atoms in total. The highest BCUT2D eigenvalue weighted by Crippen LogP contribution is 2.09. The van der Waals surface area contributed by atoms with Crippen molar-refractivity contribution in [3.05, 3.63) is 16.1 Å². The van der Waals surface area contributed by atoms with Gasteiger partial charge in [-0.3, -0.25) is 4.79 Å². The SMILES string of the molecule is CCOC(=O)C(NC(=O)c1csc(CN)n1)C(=O)OCC.Cl. The number of esters is 2. The Morgan fingerprint density at radius 2 is 1.82 bits per heavy atom. The fourth-order valence-electron chi connectivity index (χ4n) is 1.38. The lowest BCUT2D eigenvalue weighted by atomic mass is 10.3. The van der Waals surface area contributed by atoms with Crippen LogP contribution in [0.1, 0.15) is 29.3 Å². The summed E-state index contributed by atoms with van der Waals surface area (Å²) in [7, 11) is 0. The van der Waals surface area contributed by atoms with E-state index in [1.807, 2.05) is 0 Å². The van der Waals surface area contributed by atoms with E-state index >= 15 is 0 Å². The zero-order chi connectivity index (χ0) is 15.8. The van der Waals surface area contributed by atoms with Gasteiger partial charge in [0.25, 0.3) is 5.91 Å². The Kier molecular flexibility index (Phi) is 9.31. The zero-order valence-electron chi connectivity index (χ0n) is 12.2. The predicted octanol–water partition coefficient (Wildman–Crippen LogP) is 0.248. The number of ether oxygens (including phenoxy) is 2. The van der Waals surface area contributed by atoms with Gasteiger partial charge < -0.3 is 20.5 Å². The number of hydrogen-bond acceptors (Lipinski definition) is 8. The van der Waals surface area contributed by atoms with E-state index in [9.17, 15) is 14.4 Å². The lowest BCUT2D eigenvalue weighted by molar-refractivity contribution is -0.157. The molecule has 124 valence electrons. The second-order valence-electron chi connectivity index (χ2n) is 3.74. The molecule has 0 spiro atoms. The number of amides is 1. The van der Waals surface area contributed by atoms with Crippen LogP contribution in [0.3, 0.4) is 0 Å². The monoisotopic (exact) mass is 351 g/mol. The quantitative estimate of drug-likeness (QED) is 0.533. The van der Waals surface area contributed by atoms with E-state index in [1.165, 1.54) is 16.7 Å². The first-order valence-corrected chi connectivity index (χ1v) is 7.20. The minimum Gasteiger partial charge on any atom is -0.464 e. The average molecular weight is 352 g/mol. The molecule has 1 heterocycles. The summed E-state index contributed by atoms with van der Waals surface area (Å²) in [5, 5.41) is 4.32. The van der Waals surface area contributed by atoms with Crippen molar-refractivity contribution < 1.29 is 23.9 Å². The van der Waals surface area contributed by atoms with Crippen LogP contribution in [0, 0.1) is 0 Å². The van der Waals surface area contributed by atoms with Gasteiger partial charge in [0.05, 0.1) is 13.2 Å². The number of nitrogens with zero attached hydrogens (tertiary/aromatic N) is 1. The molecule has 10 heteroatoms. The Hall–Kier alpha value is -1.71. The van der Waals surface area contributed by atoms with Crippen molar-refractivity contribution in [2.75, 3.05) is 13.2 Å². The molecule has 1 amide bonds. The molecule has 0 aliphatic heterocycles. The molecule has 0 aliphatic rings. The molecule has 1 aromatic heterocycles. The molecular weight excluding hydrogens is 334 g/mol. The minimum absolute atomic E-state index is 0. The van der Waals surface area contributed by atoms with Crippen LogP contribution in [0.15, 0.2) is 5.38 Å². The van der Waals surface area contributed by atoms with E-state index in [0.29, 0.717) is 5.01 Å². The maximum absolute atomic E-state index is 12.0. The summed E-state index contributed by atoms with van der Waals surface area (Å²) in [4.78, 5) is 39.4. The first kappa shape index (κ1) is 20.3. The second kappa shape index (κ2) is 10.1. The maximum atomic E-state index is 12.0. The molecule has 0 saturated carbocycles. The minimum atomic E-state index is -1.51. The van der Waals surface area contributed by atoms with Crippen LogP contribution in [0.25, 0.3) is 0 Å². The normalized spacial score (nSPS) is 9.82. The molecule has 0 aliphatic carbocycles. The van der Waals surface area contributed by atoms with Crippen LogP contribution < -0.4 is 11.1 Å². The summed E-state index contributed by atoms with van der Waals surface area (Å²) in [5.74, 6) is -2.42. The largest absolute Gasteiger partial charge is 0.464 e. The highest BCUT2D eigenvalue weighted by molar-refractivity contribution is 7.09. The standard InChI is InChI=1S/C12H17N3O5S.ClH/c1-3-19-11(17)9(12(18)20-4-2)15-10(16)7-6-21-8(5-13)14-7;/h6,9H,3-5,13H2,1-2H3,(H,15,16);1H. The molecule has 0 radical (unpaired) electrons. The lowest BCUT2D eigenvalue weighted by Crippen LogP contribution is -2.48. The molecular formula is C12H18ClN3O5S. The summed E-state index contributed by atoms with van der Waals surface area (Å²) >= 11 is 1.21. The number of carbonyl (C=O) groups is 3. The first-order chi connectivity index (χ1) is 10.0. The lowest BCUT2D eigenvalue weighted by Gasteiger charge is -2.15. The van der Waals surface area contributed by atoms with E-state index in [0.717, 1.165) is 0 Å². The molecule has 22 heavy (non-hydrogen) atoms. The van der Waals surface area contributed by atoms with Crippen molar-refractivity contribution in [2.45, 2.75) is 26.4 Å². The molecule has 3 N–H and O–H groups in total. The number of nitrogens with one attached hydrogen (secondary N) is 1. The third kappa shape index (κ3) is 5.58. The van der Waals surface area contributed by atoms with E-state index in [-0.39, 0.29) is 37.9 Å². The number of rotatable bonds is 7. The molecule has 0 unspecified atom stereocenters. The van der Waals surface area contributed by atoms with Crippen molar-refractivity contribution in [3.63, 3.8) is 0 Å². The van der Waals surface area contributed by atoms with Crippen molar-refractivity contribution in [1.82, 2.24) is 10.3 Å². The molecule has 0 bridgehead atoms. The topological polar surface area (TPSA) is 121 Å². The molecule has 0 saturated heterocycles. The van der Waals surface area contributed by atoms with Crippen molar-refractivity contribution in [2.24, 2.45) is 5.73 Å². The van der Waals surface area contributed by atoms with Gasteiger partial charge in [0.1, 0.15) is 10.7 Å². The molecule has 0 fully saturated rings. The van der Waals surface area contributed by atoms with Gasteiger partial charge in [0, 0.05) is 11.9 Å². The van der Waals surface area contributed by atoms with Crippen LogP contribution in [0.4, 0.5) is 0 Å². The second-order valence-corrected chi connectivity index (χ2v) is 4.68. The number of nitrogens with two attached hydrogens (primary N) is 1. The van der Waals surface area contributed by atoms with Gasteiger partial charge in [-0.2, -0.15) is 0 Å². The number of aromatic nitrogens is 1. The number of hydrogen-bond donors (Lipinski definition) is 2. The summed E-state index contributed by atoms with van der Waals surface area (Å²) in [6.07, 6.45) is 0. The van der Waals surface area contributed by atoms with Gasteiger partial charge in [0.15, 0.2) is 0 Å². The van der Waals surface area contributed by atoms with Crippen molar-refractivity contribution in [1.29, 1.82) is 0 Å². The highest BCUT2D eigenvalue weighted by Gasteiger charge is 2.32. The third-order valence-corrected chi connectivity index (χ3v) is 3.15. The Bertz CT molecular complexity index is 505. The van der Waals surface area contributed by atoms with Crippen LogP contribution >= 0.6 is 23.7 Å². The number of thiazole rings is 1. The van der Waals surface area contributed by atoms with E-state index in [1.54, 1.807) is 13.8 Å². The number of halogens is 1. The molecule has 0 atom stereocenters. The van der Waals surface area contributed by atoms with Gasteiger partial charge in [-0.25, -0.2) is 14.6 Å². The smallest absolute Gasteiger partial charge is 0.340 e. The third-order valence-electron chi connectivity index (χ3n) is 2.28. The Morgan fingerprint density at radius 3 is 2.23 bits per heavy atom. The maximum Gasteiger partial charge on any atom is 0.340 e. The van der Waals surface area contributed by atoms with Gasteiger partial charge in [0.2, 0.25) is 6.04 Å². The van der Waals surface area contributed by atoms with Crippen LogP contribution in [0.2, 0.25) is 0 Å². The molecule has 1 rings (SSSR count). The average Bonchev–Trinajstić information content (AvgIpc) is 2.93. The summed E-state index contributed by atoms with van der Waals surface area (Å²) in [6, 6.07) is -1.51. The van der Waals surface area contributed by atoms with Gasteiger partial charge in [-0.05, 0) is 13.8 Å². The molecule has 1 aromatic rings. The van der Waals surface area contributed by atoms with Crippen LogP contribution in [-0.2, 0) is 25.6 Å². The van der Waals surface area contributed by atoms with Crippen LogP contribution in [-0.4, -0.2) is 42.1 Å². The number of carbonyl (C=O) groups excluding carboxylic acids is 3. The highest BCUT2D eigenvalue weighted by atomic mass is 35.5. The van der Waals surface area contributed by atoms with Crippen LogP contribution in [0.5, 0.6) is 0 Å². The fraction of sp³-hybridized carbons (Fsp3) is 0.500. The molecule has 0 aromatic carbocycles. The summed E-state index contributed by atoms with van der Waals surface area (Å²) in [6.45, 7) is 3.56. The van der Waals surface area contributed by atoms with Gasteiger partial charge in [-0.1, -0.05) is 0 Å². The Labute approximate surface area is 137 Å².